The van der Waals surface area contributed by atoms with Crippen LogP contribution < -0.4 is 15.5 Å². The molecule has 9 nitrogen and oxygen atoms in total. The van der Waals surface area contributed by atoms with Crippen LogP contribution in [-0.2, 0) is 11.2 Å². The highest BCUT2D eigenvalue weighted by Crippen LogP contribution is 2.35. The lowest BCUT2D eigenvalue weighted by atomic mass is 10.1. The highest BCUT2D eigenvalue weighted by Gasteiger charge is 2.22. The Labute approximate surface area is 231 Å². The van der Waals surface area contributed by atoms with Crippen molar-refractivity contribution in [3.63, 3.8) is 0 Å². The molecule has 4 aromatic rings. The van der Waals surface area contributed by atoms with Crippen LogP contribution in [0.15, 0.2) is 41.9 Å². The summed E-state index contributed by atoms with van der Waals surface area (Å²) in [6.45, 7) is 9.41. The number of fused-ring (bicyclic) bond motifs is 1. The van der Waals surface area contributed by atoms with Crippen LogP contribution in [0, 0.1) is 17.1 Å². The van der Waals surface area contributed by atoms with Crippen molar-refractivity contribution >= 4 is 39.5 Å². The lowest BCUT2D eigenvalue weighted by Gasteiger charge is -2.21. The van der Waals surface area contributed by atoms with E-state index in [1.54, 1.807) is 13.1 Å². The zero-order valence-corrected chi connectivity index (χ0v) is 23.5. The smallest absolute Gasteiger partial charge is 0.233 e. The number of thiazole rings is 1. The first-order valence-electron chi connectivity index (χ1n) is 13.0. The van der Waals surface area contributed by atoms with E-state index in [0.29, 0.717) is 30.9 Å². The van der Waals surface area contributed by atoms with Crippen LogP contribution in [0.25, 0.3) is 16.9 Å². The maximum atomic E-state index is 13.7. The third kappa shape index (κ3) is 6.19. The summed E-state index contributed by atoms with van der Waals surface area (Å²) < 4.78 is 15.8. The molecule has 0 atom stereocenters. The van der Waals surface area contributed by atoms with Crippen molar-refractivity contribution in [2.24, 2.45) is 0 Å². The number of nitriles is 1. The summed E-state index contributed by atoms with van der Waals surface area (Å²) in [7, 11) is 1.65. The van der Waals surface area contributed by atoms with Crippen LogP contribution in [0.5, 0.6) is 0 Å². The fourth-order valence-electron chi connectivity index (χ4n) is 4.42. The van der Waals surface area contributed by atoms with E-state index in [1.165, 1.54) is 23.5 Å². The number of benzene rings is 1. The zero-order chi connectivity index (χ0) is 27.9. The van der Waals surface area contributed by atoms with Crippen molar-refractivity contribution in [2.75, 3.05) is 50.0 Å². The minimum atomic E-state index is -0.447. The number of carbonyl (C=O) groups excluding carboxylic acids is 1. The molecule has 0 aliphatic rings. The molecule has 1 amide bonds. The number of nitrogens with zero attached hydrogens (tertiary/aromatic N) is 6. The normalized spacial score (nSPS) is 11.1. The van der Waals surface area contributed by atoms with Gasteiger partial charge in [0.1, 0.15) is 17.3 Å². The van der Waals surface area contributed by atoms with E-state index in [-0.39, 0.29) is 11.5 Å². The van der Waals surface area contributed by atoms with Crippen molar-refractivity contribution in [3.05, 3.63) is 59.0 Å². The van der Waals surface area contributed by atoms with E-state index in [0.717, 1.165) is 47.5 Å². The average molecular weight is 549 g/mol. The molecule has 1 aromatic carbocycles. The largest absolute Gasteiger partial charge is 0.383 e. The van der Waals surface area contributed by atoms with Crippen molar-refractivity contribution in [1.82, 2.24) is 24.6 Å². The highest BCUT2D eigenvalue weighted by molar-refractivity contribution is 7.14. The SMILES string of the molecule is CCc1nc2ccc(NCCN(CC)CC(=O)NC)cn2c1N(CC)c1nc(-c2ccc(F)cc2C#N)cs1. The number of pyridine rings is 1. The Morgan fingerprint density at radius 3 is 2.69 bits per heavy atom. The summed E-state index contributed by atoms with van der Waals surface area (Å²) >= 11 is 1.47. The lowest BCUT2D eigenvalue weighted by molar-refractivity contribution is -0.121. The van der Waals surface area contributed by atoms with Crippen molar-refractivity contribution in [1.29, 1.82) is 5.26 Å². The van der Waals surface area contributed by atoms with Crippen molar-refractivity contribution in [3.8, 4) is 17.3 Å². The van der Waals surface area contributed by atoms with Gasteiger partial charge in [0.25, 0.3) is 0 Å². The fraction of sp³-hybridized carbons (Fsp3) is 0.357. The summed E-state index contributed by atoms with van der Waals surface area (Å²) in [5.74, 6) is 0.494. The van der Waals surface area contributed by atoms with Gasteiger partial charge in [0.15, 0.2) is 5.13 Å². The first kappa shape index (κ1) is 28.0. The summed E-state index contributed by atoms with van der Waals surface area (Å²) in [4.78, 5) is 25.6. The predicted molar refractivity (Wildman–Crippen MR) is 154 cm³/mol. The molecule has 0 aliphatic heterocycles. The number of hydrogen-bond donors (Lipinski definition) is 2. The molecule has 3 aromatic heterocycles. The number of likely N-dealkylation sites (N-methyl/N-ethyl adjacent to an activating group) is 2. The van der Waals surface area contributed by atoms with Crippen LogP contribution in [0.3, 0.4) is 0 Å². The first-order valence-corrected chi connectivity index (χ1v) is 13.9. The average Bonchev–Trinajstić information content (AvgIpc) is 3.58. The minimum Gasteiger partial charge on any atom is -0.383 e. The van der Waals surface area contributed by atoms with Gasteiger partial charge < -0.3 is 15.5 Å². The number of nitrogens with one attached hydrogen (secondary N) is 2. The second kappa shape index (κ2) is 12.7. The summed E-state index contributed by atoms with van der Waals surface area (Å²) in [6, 6.07) is 10.3. The van der Waals surface area contributed by atoms with Gasteiger partial charge in [-0.15, -0.1) is 11.3 Å². The predicted octanol–water partition coefficient (Wildman–Crippen LogP) is 4.67. The maximum absolute atomic E-state index is 13.7. The van der Waals surface area contributed by atoms with E-state index < -0.39 is 5.82 Å². The topological polar surface area (TPSA) is 102 Å². The summed E-state index contributed by atoms with van der Waals surface area (Å²) in [5.41, 5.74) is 4.23. The second-order valence-electron chi connectivity index (χ2n) is 8.91. The quantitative estimate of drug-likeness (QED) is 0.265. The number of rotatable bonds is 12. The summed E-state index contributed by atoms with van der Waals surface area (Å²) in [5, 5.41) is 18.3. The van der Waals surface area contributed by atoms with Gasteiger partial charge in [-0.25, -0.2) is 14.4 Å². The molecule has 0 saturated carbocycles. The van der Waals surface area contributed by atoms with Crippen LogP contribution >= 0.6 is 11.3 Å². The van der Waals surface area contributed by atoms with Gasteiger partial charge in [0.05, 0.1) is 35.3 Å². The summed E-state index contributed by atoms with van der Waals surface area (Å²) in [6.07, 6.45) is 2.78. The lowest BCUT2D eigenvalue weighted by Crippen LogP contribution is -2.38. The molecule has 2 N–H and O–H groups in total. The molecule has 204 valence electrons. The molecule has 0 radical (unpaired) electrons. The molecule has 0 saturated heterocycles. The van der Waals surface area contributed by atoms with E-state index in [4.69, 9.17) is 9.97 Å². The second-order valence-corrected chi connectivity index (χ2v) is 9.75. The number of hydrogen-bond acceptors (Lipinski definition) is 8. The van der Waals surface area contributed by atoms with E-state index >= 15 is 0 Å². The van der Waals surface area contributed by atoms with Crippen LogP contribution in [-0.4, -0.2) is 64.9 Å². The molecule has 0 bridgehead atoms. The van der Waals surface area contributed by atoms with Crippen LogP contribution in [0.4, 0.5) is 21.0 Å². The Kier molecular flexibility index (Phi) is 9.11. The Morgan fingerprint density at radius 2 is 2.00 bits per heavy atom. The van der Waals surface area contributed by atoms with Gasteiger partial charge in [-0.3, -0.25) is 14.1 Å². The number of carbonyl (C=O) groups is 1. The molecule has 39 heavy (non-hydrogen) atoms. The molecule has 4 rings (SSSR count). The van der Waals surface area contributed by atoms with Gasteiger partial charge in [-0.05, 0) is 50.2 Å². The molecule has 0 fully saturated rings. The zero-order valence-electron chi connectivity index (χ0n) is 22.7. The molecule has 0 aliphatic carbocycles. The van der Waals surface area contributed by atoms with E-state index in [2.05, 4.69) is 44.8 Å². The monoisotopic (exact) mass is 548 g/mol. The highest BCUT2D eigenvalue weighted by atomic mass is 32.1. The molecular formula is C28H33FN8OS. The Hall–Kier alpha value is -4.01. The number of anilines is 3. The fourth-order valence-corrected chi connectivity index (χ4v) is 5.31. The minimum absolute atomic E-state index is 0.00157. The maximum Gasteiger partial charge on any atom is 0.233 e. The molecular weight excluding hydrogens is 515 g/mol. The standard InChI is InChI=1S/C28H33FN8OS/c1-5-23-27(36(7-3)28-34-24(18-39-28)22-10-8-20(29)14-19(22)15-30)37-16-21(9-11-25(37)33-23)32-12-13-35(6-2)17-26(38)31-4/h8-11,14,16,18,32H,5-7,12-13,17H2,1-4H3,(H,31,38). The number of aryl methyl sites for hydroxylation is 1. The van der Waals surface area contributed by atoms with Gasteiger partial charge in [-0.2, -0.15) is 5.26 Å². The number of halogens is 1. The number of imidazole rings is 1. The first-order chi connectivity index (χ1) is 18.9. The Morgan fingerprint density at radius 1 is 1.18 bits per heavy atom. The third-order valence-electron chi connectivity index (χ3n) is 6.52. The van der Waals surface area contributed by atoms with E-state index in [1.807, 2.05) is 30.6 Å². The molecule has 0 unspecified atom stereocenters. The number of aromatic nitrogens is 3. The van der Waals surface area contributed by atoms with E-state index in [9.17, 15) is 14.4 Å². The third-order valence-corrected chi connectivity index (χ3v) is 7.38. The van der Waals surface area contributed by atoms with Crippen molar-refractivity contribution < 1.29 is 9.18 Å². The van der Waals surface area contributed by atoms with Gasteiger partial charge >= 0.3 is 0 Å². The van der Waals surface area contributed by atoms with Crippen molar-refractivity contribution in [2.45, 2.75) is 27.2 Å². The van der Waals surface area contributed by atoms with Crippen LogP contribution in [0.1, 0.15) is 32.0 Å². The Bertz CT molecular complexity index is 1490. The molecule has 3 heterocycles. The van der Waals surface area contributed by atoms with Gasteiger partial charge in [0, 0.05) is 43.8 Å². The van der Waals surface area contributed by atoms with Crippen LogP contribution in [0.2, 0.25) is 0 Å². The van der Waals surface area contributed by atoms with Gasteiger partial charge in [-0.1, -0.05) is 13.8 Å². The Balaban J connectivity index is 1.62. The van der Waals surface area contributed by atoms with Gasteiger partial charge in [0.2, 0.25) is 5.91 Å². The molecule has 11 heteroatoms. The number of amides is 1. The molecule has 0 spiro atoms.